The normalized spacial score (nSPS) is 10.1. The molecule has 0 saturated heterocycles. The number of nitrogens with one attached hydrogen (secondary N) is 2. The standard InChI is InChI=1S/C10H12Cl2N2O/c1-13-10(15)6-14-5-7-2-8(11)4-9(12)3-7/h2-4,14H,5-6H2,1H3,(H,13,15). The van der Waals surface area contributed by atoms with Crippen molar-refractivity contribution in [3.05, 3.63) is 33.8 Å². The van der Waals surface area contributed by atoms with Crippen molar-refractivity contribution in [2.24, 2.45) is 0 Å². The number of carbonyl (C=O) groups is 1. The first-order chi connectivity index (χ1) is 7.11. The molecule has 82 valence electrons. The molecule has 5 heteroatoms. The van der Waals surface area contributed by atoms with Gasteiger partial charge in [-0.15, -0.1) is 0 Å². The molecule has 0 atom stereocenters. The Morgan fingerprint density at radius 1 is 1.27 bits per heavy atom. The zero-order valence-corrected chi connectivity index (χ0v) is 9.82. The Hall–Kier alpha value is -0.770. The van der Waals surface area contributed by atoms with Gasteiger partial charge in [-0.25, -0.2) is 0 Å². The van der Waals surface area contributed by atoms with Crippen LogP contribution in [0.3, 0.4) is 0 Å². The molecule has 0 spiro atoms. The van der Waals surface area contributed by atoms with Crippen molar-refractivity contribution in [3.63, 3.8) is 0 Å². The molecule has 3 nitrogen and oxygen atoms in total. The third-order valence-corrected chi connectivity index (χ3v) is 2.25. The highest BCUT2D eigenvalue weighted by Crippen LogP contribution is 2.18. The Labute approximate surface area is 98.8 Å². The molecule has 1 amide bonds. The minimum Gasteiger partial charge on any atom is -0.358 e. The van der Waals surface area contributed by atoms with E-state index in [-0.39, 0.29) is 12.5 Å². The van der Waals surface area contributed by atoms with Crippen LogP contribution in [0.15, 0.2) is 18.2 Å². The maximum atomic E-state index is 10.9. The smallest absolute Gasteiger partial charge is 0.233 e. The first-order valence-electron chi connectivity index (χ1n) is 4.48. The number of carbonyl (C=O) groups excluding carboxylic acids is 1. The van der Waals surface area contributed by atoms with E-state index in [2.05, 4.69) is 10.6 Å². The summed E-state index contributed by atoms with van der Waals surface area (Å²) >= 11 is 11.7. The molecule has 0 fully saturated rings. The van der Waals surface area contributed by atoms with Gasteiger partial charge in [0.1, 0.15) is 0 Å². The number of halogens is 2. The van der Waals surface area contributed by atoms with Gasteiger partial charge in [0.15, 0.2) is 0 Å². The average molecular weight is 247 g/mol. The highest BCUT2D eigenvalue weighted by atomic mass is 35.5. The van der Waals surface area contributed by atoms with Crippen molar-refractivity contribution < 1.29 is 4.79 Å². The summed E-state index contributed by atoms with van der Waals surface area (Å²) in [7, 11) is 1.60. The summed E-state index contributed by atoms with van der Waals surface area (Å²) in [6.45, 7) is 0.842. The van der Waals surface area contributed by atoms with E-state index in [4.69, 9.17) is 23.2 Å². The Morgan fingerprint density at radius 2 is 1.87 bits per heavy atom. The van der Waals surface area contributed by atoms with Crippen LogP contribution in [0.2, 0.25) is 10.0 Å². The molecule has 0 aliphatic heterocycles. The topological polar surface area (TPSA) is 41.1 Å². The molecular formula is C10H12Cl2N2O. The van der Waals surface area contributed by atoms with Crippen LogP contribution in [0.4, 0.5) is 0 Å². The number of likely N-dealkylation sites (N-methyl/N-ethyl adjacent to an activating group) is 1. The molecule has 0 bridgehead atoms. The minimum atomic E-state index is -0.0527. The lowest BCUT2D eigenvalue weighted by atomic mass is 10.2. The van der Waals surface area contributed by atoms with Gasteiger partial charge in [0.25, 0.3) is 0 Å². The summed E-state index contributed by atoms with van der Waals surface area (Å²) in [6.07, 6.45) is 0. The van der Waals surface area contributed by atoms with Crippen molar-refractivity contribution in [3.8, 4) is 0 Å². The van der Waals surface area contributed by atoms with Crippen molar-refractivity contribution in [1.82, 2.24) is 10.6 Å². The van der Waals surface area contributed by atoms with Crippen molar-refractivity contribution in [1.29, 1.82) is 0 Å². The van der Waals surface area contributed by atoms with Crippen molar-refractivity contribution in [2.45, 2.75) is 6.54 Å². The summed E-state index contributed by atoms with van der Waals surface area (Å²) in [4.78, 5) is 10.9. The minimum absolute atomic E-state index is 0.0527. The van der Waals surface area contributed by atoms with E-state index < -0.39 is 0 Å². The number of benzene rings is 1. The third-order valence-electron chi connectivity index (χ3n) is 1.82. The van der Waals surface area contributed by atoms with Crippen LogP contribution in [-0.4, -0.2) is 19.5 Å². The van der Waals surface area contributed by atoms with Gasteiger partial charge in [0.2, 0.25) is 5.91 Å². The highest BCUT2D eigenvalue weighted by molar-refractivity contribution is 6.34. The van der Waals surface area contributed by atoms with Crippen LogP contribution < -0.4 is 10.6 Å². The molecule has 1 aromatic carbocycles. The lowest BCUT2D eigenvalue weighted by Crippen LogP contribution is -2.30. The summed E-state index contributed by atoms with van der Waals surface area (Å²) in [6, 6.07) is 5.29. The van der Waals surface area contributed by atoms with E-state index in [0.29, 0.717) is 16.6 Å². The first-order valence-corrected chi connectivity index (χ1v) is 5.23. The second-order valence-corrected chi connectivity index (χ2v) is 3.93. The van der Waals surface area contributed by atoms with Gasteiger partial charge < -0.3 is 10.6 Å². The fourth-order valence-electron chi connectivity index (χ4n) is 1.12. The molecule has 1 rings (SSSR count). The summed E-state index contributed by atoms with van der Waals surface area (Å²) in [5.41, 5.74) is 0.955. The van der Waals surface area contributed by atoms with E-state index in [1.165, 1.54) is 0 Å². The molecule has 2 N–H and O–H groups in total. The molecule has 15 heavy (non-hydrogen) atoms. The molecular weight excluding hydrogens is 235 g/mol. The van der Waals surface area contributed by atoms with Crippen LogP contribution in [0, 0.1) is 0 Å². The van der Waals surface area contributed by atoms with Gasteiger partial charge in [0.05, 0.1) is 6.54 Å². The first kappa shape index (κ1) is 12.3. The Bertz CT molecular complexity index is 335. The summed E-state index contributed by atoms with van der Waals surface area (Å²) < 4.78 is 0. The second kappa shape index (κ2) is 5.95. The molecule has 0 saturated carbocycles. The number of hydrogen-bond acceptors (Lipinski definition) is 2. The third kappa shape index (κ3) is 4.51. The molecule has 0 aliphatic rings. The lowest BCUT2D eigenvalue weighted by molar-refractivity contribution is -0.119. The fourth-order valence-corrected chi connectivity index (χ4v) is 1.69. The highest BCUT2D eigenvalue weighted by Gasteiger charge is 2.00. The number of amides is 1. The van der Waals surface area contributed by atoms with Gasteiger partial charge in [-0.1, -0.05) is 23.2 Å². The predicted molar refractivity (Wildman–Crippen MR) is 62.2 cm³/mol. The monoisotopic (exact) mass is 246 g/mol. The van der Waals surface area contributed by atoms with Gasteiger partial charge in [-0.2, -0.15) is 0 Å². The average Bonchev–Trinajstić information content (AvgIpc) is 2.16. The number of hydrogen-bond donors (Lipinski definition) is 2. The zero-order chi connectivity index (χ0) is 11.3. The largest absolute Gasteiger partial charge is 0.358 e. The Morgan fingerprint density at radius 3 is 2.40 bits per heavy atom. The second-order valence-electron chi connectivity index (χ2n) is 3.05. The SMILES string of the molecule is CNC(=O)CNCc1cc(Cl)cc(Cl)c1. The molecule has 0 aliphatic carbocycles. The fraction of sp³-hybridized carbons (Fsp3) is 0.300. The van der Waals surface area contributed by atoms with Crippen molar-refractivity contribution in [2.75, 3.05) is 13.6 Å². The van der Waals surface area contributed by atoms with Crippen LogP contribution in [0.5, 0.6) is 0 Å². The van der Waals surface area contributed by atoms with Gasteiger partial charge in [-0.3, -0.25) is 4.79 Å². The van der Waals surface area contributed by atoms with E-state index in [1.807, 2.05) is 12.1 Å². The van der Waals surface area contributed by atoms with Gasteiger partial charge in [0, 0.05) is 23.6 Å². The molecule has 0 radical (unpaired) electrons. The lowest BCUT2D eigenvalue weighted by Gasteiger charge is -2.05. The van der Waals surface area contributed by atoms with Crippen LogP contribution in [0.1, 0.15) is 5.56 Å². The van der Waals surface area contributed by atoms with Crippen LogP contribution in [0.25, 0.3) is 0 Å². The number of rotatable bonds is 4. The maximum absolute atomic E-state index is 10.9. The van der Waals surface area contributed by atoms with E-state index in [1.54, 1.807) is 13.1 Å². The maximum Gasteiger partial charge on any atom is 0.233 e. The Kier molecular flexibility index (Phi) is 4.88. The molecule has 0 unspecified atom stereocenters. The summed E-state index contributed by atoms with van der Waals surface area (Å²) in [5.74, 6) is -0.0527. The molecule has 1 aromatic rings. The van der Waals surface area contributed by atoms with Crippen LogP contribution >= 0.6 is 23.2 Å². The van der Waals surface area contributed by atoms with E-state index in [9.17, 15) is 4.79 Å². The van der Waals surface area contributed by atoms with Gasteiger partial charge in [-0.05, 0) is 23.8 Å². The Balaban J connectivity index is 2.47. The van der Waals surface area contributed by atoms with Gasteiger partial charge >= 0.3 is 0 Å². The predicted octanol–water partition coefficient (Wildman–Crippen LogP) is 1.83. The van der Waals surface area contributed by atoms with Crippen LogP contribution in [-0.2, 0) is 11.3 Å². The zero-order valence-electron chi connectivity index (χ0n) is 8.31. The molecule has 0 aromatic heterocycles. The van der Waals surface area contributed by atoms with E-state index >= 15 is 0 Å². The van der Waals surface area contributed by atoms with Crippen molar-refractivity contribution >= 4 is 29.1 Å². The quantitative estimate of drug-likeness (QED) is 0.852. The van der Waals surface area contributed by atoms with E-state index in [0.717, 1.165) is 5.56 Å². The molecule has 0 heterocycles. The summed E-state index contributed by atoms with van der Waals surface area (Å²) in [5, 5.41) is 6.69.